The first-order valence-corrected chi connectivity index (χ1v) is 11.7. The van der Waals surface area contributed by atoms with Crippen molar-refractivity contribution in [3.05, 3.63) is 87.4 Å². The quantitative estimate of drug-likeness (QED) is 0.236. The van der Waals surface area contributed by atoms with Gasteiger partial charge in [-0.15, -0.1) is 0 Å². The van der Waals surface area contributed by atoms with Crippen molar-refractivity contribution in [3.8, 4) is 23.3 Å². The van der Waals surface area contributed by atoms with E-state index in [0.717, 1.165) is 5.56 Å². The van der Waals surface area contributed by atoms with Crippen LogP contribution in [0.2, 0.25) is 10.0 Å². The van der Waals surface area contributed by atoms with Gasteiger partial charge in [0.1, 0.15) is 24.0 Å². The minimum absolute atomic E-state index is 0.0528. The van der Waals surface area contributed by atoms with Gasteiger partial charge in [-0.05, 0) is 74.0 Å². The van der Waals surface area contributed by atoms with E-state index in [4.69, 9.17) is 37.4 Å². The Morgan fingerprint density at radius 2 is 1.69 bits per heavy atom. The van der Waals surface area contributed by atoms with E-state index < -0.39 is 5.91 Å². The van der Waals surface area contributed by atoms with Crippen molar-refractivity contribution in [1.29, 1.82) is 5.26 Å². The van der Waals surface area contributed by atoms with Crippen molar-refractivity contribution in [1.82, 2.24) is 0 Å². The molecule has 180 valence electrons. The molecular weight excluding hydrogens is 487 g/mol. The van der Waals surface area contributed by atoms with Crippen LogP contribution in [0.3, 0.4) is 0 Å². The average Bonchev–Trinajstić information content (AvgIpc) is 2.84. The van der Waals surface area contributed by atoms with E-state index in [0.29, 0.717) is 51.8 Å². The molecule has 35 heavy (non-hydrogen) atoms. The summed E-state index contributed by atoms with van der Waals surface area (Å²) in [4.78, 5) is 12.6. The first kappa shape index (κ1) is 26.0. The van der Waals surface area contributed by atoms with Crippen LogP contribution in [0.15, 0.2) is 66.2 Å². The average molecular weight is 511 g/mol. The molecule has 1 N–H and O–H groups in total. The third-order valence-electron chi connectivity index (χ3n) is 4.77. The van der Waals surface area contributed by atoms with Crippen LogP contribution in [0.4, 0.5) is 5.69 Å². The molecule has 3 aromatic rings. The Balaban J connectivity index is 1.75. The molecule has 3 aromatic carbocycles. The number of nitriles is 1. The summed E-state index contributed by atoms with van der Waals surface area (Å²) in [6.45, 7) is 4.93. The van der Waals surface area contributed by atoms with Crippen LogP contribution < -0.4 is 19.5 Å². The Bertz CT molecular complexity index is 1250. The van der Waals surface area contributed by atoms with Gasteiger partial charge in [-0.25, -0.2) is 0 Å². The van der Waals surface area contributed by atoms with Crippen LogP contribution in [0.1, 0.15) is 25.0 Å². The van der Waals surface area contributed by atoms with Crippen LogP contribution in [-0.4, -0.2) is 19.1 Å². The molecule has 0 radical (unpaired) electrons. The van der Waals surface area contributed by atoms with Gasteiger partial charge < -0.3 is 19.5 Å². The summed E-state index contributed by atoms with van der Waals surface area (Å²) >= 11 is 12.2. The number of nitrogens with one attached hydrogen (secondary N) is 1. The molecule has 0 aliphatic carbocycles. The van der Waals surface area contributed by atoms with E-state index in [9.17, 15) is 10.1 Å². The lowest BCUT2D eigenvalue weighted by Gasteiger charge is -2.13. The van der Waals surface area contributed by atoms with Gasteiger partial charge in [0, 0.05) is 21.3 Å². The molecule has 6 nitrogen and oxygen atoms in total. The number of anilines is 1. The summed E-state index contributed by atoms with van der Waals surface area (Å²) in [6, 6.07) is 19.2. The molecule has 0 saturated heterocycles. The zero-order chi connectivity index (χ0) is 25.2. The standard InChI is InChI=1S/C27H24Cl2N2O4/c1-3-33-23-10-8-22(9-11-23)31-27(32)20(16-30)13-18-5-12-25(26(14-18)34-4-2)35-17-19-6-7-21(28)15-24(19)29/h5-15H,3-4,17H2,1-2H3,(H,31,32)/b20-13-. The van der Waals surface area contributed by atoms with E-state index in [1.807, 2.05) is 19.9 Å². The smallest absolute Gasteiger partial charge is 0.266 e. The summed E-state index contributed by atoms with van der Waals surface area (Å²) in [5, 5.41) is 13.3. The highest BCUT2D eigenvalue weighted by molar-refractivity contribution is 6.35. The van der Waals surface area contributed by atoms with E-state index in [-0.39, 0.29) is 12.2 Å². The predicted octanol–water partition coefficient (Wildman–Crippen LogP) is 6.92. The summed E-state index contributed by atoms with van der Waals surface area (Å²) in [5.74, 6) is 1.17. The van der Waals surface area contributed by atoms with Crippen molar-refractivity contribution in [3.63, 3.8) is 0 Å². The number of ether oxygens (including phenoxy) is 3. The van der Waals surface area contributed by atoms with Crippen molar-refractivity contribution in [2.24, 2.45) is 0 Å². The number of halogens is 2. The number of hydrogen-bond acceptors (Lipinski definition) is 5. The largest absolute Gasteiger partial charge is 0.494 e. The van der Waals surface area contributed by atoms with Crippen LogP contribution in [0, 0.1) is 11.3 Å². The fraction of sp³-hybridized carbons (Fsp3) is 0.185. The molecule has 0 unspecified atom stereocenters. The highest BCUT2D eigenvalue weighted by atomic mass is 35.5. The van der Waals surface area contributed by atoms with Gasteiger partial charge in [-0.1, -0.05) is 35.3 Å². The molecule has 0 atom stereocenters. The lowest BCUT2D eigenvalue weighted by Crippen LogP contribution is -2.13. The second-order valence-electron chi connectivity index (χ2n) is 7.24. The van der Waals surface area contributed by atoms with Gasteiger partial charge in [-0.3, -0.25) is 4.79 Å². The van der Waals surface area contributed by atoms with Crippen molar-refractivity contribution in [2.45, 2.75) is 20.5 Å². The molecule has 0 bridgehead atoms. The maximum atomic E-state index is 12.6. The van der Waals surface area contributed by atoms with Crippen molar-refractivity contribution < 1.29 is 19.0 Å². The van der Waals surface area contributed by atoms with Crippen LogP contribution in [0.25, 0.3) is 6.08 Å². The number of rotatable bonds is 10. The van der Waals surface area contributed by atoms with Gasteiger partial charge in [0.05, 0.1) is 13.2 Å². The Labute approximate surface area is 214 Å². The predicted molar refractivity (Wildman–Crippen MR) is 138 cm³/mol. The van der Waals surface area contributed by atoms with E-state index in [2.05, 4.69) is 5.32 Å². The number of hydrogen-bond donors (Lipinski definition) is 1. The highest BCUT2D eigenvalue weighted by Gasteiger charge is 2.12. The third kappa shape index (κ3) is 7.41. The number of amides is 1. The van der Waals surface area contributed by atoms with Crippen LogP contribution in [0.5, 0.6) is 17.2 Å². The van der Waals surface area contributed by atoms with Crippen LogP contribution in [-0.2, 0) is 11.4 Å². The minimum Gasteiger partial charge on any atom is -0.494 e. The number of benzene rings is 3. The first-order chi connectivity index (χ1) is 16.9. The van der Waals surface area contributed by atoms with Crippen molar-refractivity contribution >= 4 is 40.9 Å². The monoisotopic (exact) mass is 510 g/mol. The van der Waals surface area contributed by atoms with E-state index in [1.165, 1.54) is 6.08 Å². The summed E-state index contributed by atoms with van der Waals surface area (Å²) in [7, 11) is 0. The molecular formula is C27H24Cl2N2O4. The Kier molecular flexibility index (Phi) is 9.42. The summed E-state index contributed by atoms with van der Waals surface area (Å²) in [6.07, 6.45) is 1.49. The molecule has 3 rings (SSSR count). The maximum absolute atomic E-state index is 12.6. The topological polar surface area (TPSA) is 80.6 Å². The van der Waals surface area contributed by atoms with Crippen molar-refractivity contribution in [2.75, 3.05) is 18.5 Å². The fourth-order valence-corrected chi connectivity index (χ4v) is 3.57. The molecule has 1 amide bonds. The Hall–Kier alpha value is -3.66. The number of nitrogens with zero attached hydrogens (tertiary/aromatic N) is 1. The zero-order valence-corrected chi connectivity index (χ0v) is 20.8. The summed E-state index contributed by atoms with van der Waals surface area (Å²) in [5.41, 5.74) is 1.89. The van der Waals surface area contributed by atoms with Gasteiger partial charge in [0.15, 0.2) is 11.5 Å². The molecule has 0 saturated carbocycles. The second kappa shape index (κ2) is 12.7. The normalized spacial score (nSPS) is 10.9. The van der Waals surface area contributed by atoms with Gasteiger partial charge in [0.25, 0.3) is 5.91 Å². The summed E-state index contributed by atoms with van der Waals surface area (Å²) < 4.78 is 17.0. The number of carbonyl (C=O) groups is 1. The molecule has 0 aliphatic rings. The molecule has 8 heteroatoms. The first-order valence-electron chi connectivity index (χ1n) is 10.9. The SMILES string of the molecule is CCOc1ccc(NC(=O)/C(C#N)=C\c2ccc(OCc3ccc(Cl)cc3Cl)c(OCC)c2)cc1. The lowest BCUT2D eigenvalue weighted by molar-refractivity contribution is -0.112. The zero-order valence-electron chi connectivity index (χ0n) is 19.3. The minimum atomic E-state index is -0.521. The molecule has 0 spiro atoms. The fourth-order valence-electron chi connectivity index (χ4n) is 3.11. The number of carbonyl (C=O) groups excluding carboxylic acids is 1. The van der Waals surface area contributed by atoms with E-state index in [1.54, 1.807) is 60.7 Å². The van der Waals surface area contributed by atoms with Crippen LogP contribution >= 0.6 is 23.2 Å². The molecule has 0 aromatic heterocycles. The molecule has 0 heterocycles. The lowest BCUT2D eigenvalue weighted by atomic mass is 10.1. The Morgan fingerprint density at radius 3 is 2.34 bits per heavy atom. The third-order valence-corrected chi connectivity index (χ3v) is 5.35. The van der Waals surface area contributed by atoms with E-state index >= 15 is 0 Å². The maximum Gasteiger partial charge on any atom is 0.266 e. The Morgan fingerprint density at radius 1 is 0.943 bits per heavy atom. The highest BCUT2D eigenvalue weighted by Crippen LogP contribution is 2.31. The molecule has 0 fully saturated rings. The van der Waals surface area contributed by atoms with Gasteiger partial charge >= 0.3 is 0 Å². The van der Waals surface area contributed by atoms with Gasteiger partial charge in [0.2, 0.25) is 0 Å². The van der Waals surface area contributed by atoms with Gasteiger partial charge in [-0.2, -0.15) is 5.26 Å². The second-order valence-corrected chi connectivity index (χ2v) is 8.09. The molecule has 0 aliphatic heterocycles.